The van der Waals surface area contributed by atoms with E-state index in [1.807, 2.05) is 6.92 Å². The predicted octanol–water partition coefficient (Wildman–Crippen LogP) is 6.41. The monoisotopic (exact) mass is 470 g/mol. The SMILES string of the molecule is CC1(C)C(=O)[C@H](O)C[C@@]2(C)C1CC[C@]1(C)[C@@H]2CC=C2[C@@H]3C[C@@](C)(C(=O)O)CC[C@]3(C)CC[C@]21C. The summed E-state index contributed by atoms with van der Waals surface area (Å²) in [5.74, 6) is 0.443. The zero-order chi connectivity index (χ0) is 25.1. The van der Waals surface area contributed by atoms with E-state index in [2.05, 4.69) is 47.6 Å². The summed E-state index contributed by atoms with van der Waals surface area (Å²) in [5.41, 5.74) is 0.677. The quantitative estimate of drug-likeness (QED) is 0.434. The van der Waals surface area contributed by atoms with Gasteiger partial charge in [0.25, 0.3) is 0 Å². The highest BCUT2D eigenvalue weighted by molar-refractivity contribution is 5.89. The number of allylic oxidation sites excluding steroid dienone is 2. The summed E-state index contributed by atoms with van der Waals surface area (Å²) in [6.07, 6.45) is 10.2. The van der Waals surface area contributed by atoms with Crippen LogP contribution in [0.25, 0.3) is 0 Å². The molecule has 0 saturated heterocycles. The third-order valence-corrected chi connectivity index (χ3v) is 13.1. The first-order valence-electron chi connectivity index (χ1n) is 13.7. The smallest absolute Gasteiger partial charge is 0.309 e. The van der Waals surface area contributed by atoms with Crippen LogP contribution >= 0.6 is 0 Å². The molecule has 0 aromatic heterocycles. The number of carboxylic acids is 1. The molecular formula is C30H46O4. The number of carboxylic acid groups (broad SMARTS) is 1. The maximum Gasteiger partial charge on any atom is 0.309 e. The van der Waals surface area contributed by atoms with Crippen LogP contribution in [0.1, 0.15) is 106 Å². The lowest BCUT2D eigenvalue weighted by Crippen LogP contribution is -2.66. The number of hydrogen-bond donors (Lipinski definition) is 2. The van der Waals surface area contributed by atoms with Crippen LogP contribution in [0.5, 0.6) is 0 Å². The van der Waals surface area contributed by atoms with Crippen LogP contribution in [0.15, 0.2) is 11.6 Å². The van der Waals surface area contributed by atoms with E-state index >= 15 is 0 Å². The average Bonchev–Trinajstić information content (AvgIpc) is 2.74. The fourth-order valence-electron chi connectivity index (χ4n) is 10.5. The van der Waals surface area contributed by atoms with Gasteiger partial charge in [-0.05, 0) is 104 Å². The first-order valence-corrected chi connectivity index (χ1v) is 13.7. The van der Waals surface area contributed by atoms with Crippen molar-refractivity contribution < 1.29 is 19.8 Å². The zero-order valence-electron chi connectivity index (χ0n) is 22.5. The van der Waals surface area contributed by atoms with Gasteiger partial charge in [0, 0.05) is 5.41 Å². The number of aliphatic hydroxyl groups excluding tert-OH is 1. The molecule has 0 aliphatic heterocycles. The van der Waals surface area contributed by atoms with Crippen LogP contribution in [-0.4, -0.2) is 28.1 Å². The number of rotatable bonds is 1. The lowest BCUT2D eigenvalue weighted by Gasteiger charge is -2.71. The lowest BCUT2D eigenvalue weighted by molar-refractivity contribution is -0.198. The van der Waals surface area contributed by atoms with Crippen molar-refractivity contribution in [2.75, 3.05) is 0 Å². The molecule has 0 bridgehead atoms. The van der Waals surface area contributed by atoms with Gasteiger partial charge in [-0.25, -0.2) is 0 Å². The molecule has 4 saturated carbocycles. The second-order valence-electron chi connectivity index (χ2n) is 14.9. The molecule has 190 valence electrons. The minimum Gasteiger partial charge on any atom is -0.481 e. The summed E-state index contributed by atoms with van der Waals surface area (Å²) in [6, 6.07) is 0. The van der Waals surface area contributed by atoms with Crippen molar-refractivity contribution in [1.29, 1.82) is 0 Å². The van der Waals surface area contributed by atoms with E-state index in [1.54, 1.807) is 5.57 Å². The highest BCUT2D eigenvalue weighted by Crippen LogP contribution is 2.75. The van der Waals surface area contributed by atoms with E-state index in [0.29, 0.717) is 24.2 Å². The number of fused-ring (bicyclic) bond motifs is 7. The molecule has 0 radical (unpaired) electrons. The molecule has 4 heteroatoms. The zero-order valence-corrected chi connectivity index (χ0v) is 22.5. The maximum absolute atomic E-state index is 13.0. The summed E-state index contributed by atoms with van der Waals surface area (Å²) in [7, 11) is 0. The Morgan fingerprint density at radius 1 is 0.912 bits per heavy atom. The van der Waals surface area contributed by atoms with Crippen molar-refractivity contribution >= 4 is 11.8 Å². The van der Waals surface area contributed by atoms with Crippen LogP contribution in [0, 0.1) is 50.2 Å². The molecule has 1 unspecified atom stereocenters. The van der Waals surface area contributed by atoms with Gasteiger partial charge in [-0.2, -0.15) is 0 Å². The van der Waals surface area contributed by atoms with Gasteiger partial charge in [-0.15, -0.1) is 0 Å². The number of ketones is 1. The molecule has 4 nitrogen and oxygen atoms in total. The summed E-state index contributed by atoms with van der Waals surface area (Å²) >= 11 is 0. The molecule has 9 atom stereocenters. The predicted molar refractivity (Wildman–Crippen MR) is 133 cm³/mol. The fourth-order valence-corrected chi connectivity index (χ4v) is 10.5. The topological polar surface area (TPSA) is 74.6 Å². The van der Waals surface area contributed by atoms with E-state index < -0.39 is 22.9 Å². The first-order chi connectivity index (χ1) is 15.6. The largest absolute Gasteiger partial charge is 0.481 e. The van der Waals surface area contributed by atoms with Crippen LogP contribution in [0.4, 0.5) is 0 Å². The van der Waals surface area contributed by atoms with Crippen molar-refractivity contribution in [3.05, 3.63) is 11.6 Å². The van der Waals surface area contributed by atoms with Gasteiger partial charge >= 0.3 is 5.97 Å². The Bertz CT molecular complexity index is 965. The highest BCUT2D eigenvalue weighted by Gasteiger charge is 2.69. The lowest BCUT2D eigenvalue weighted by atomic mass is 9.33. The van der Waals surface area contributed by atoms with Gasteiger partial charge in [-0.1, -0.05) is 53.2 Å². The number of carbonyl (C=O) groups excluding carboxylic acids is 1. The van der Waals surface area contributed by atoms with Gasteiger partial charge in [0.1, 0.15) is 6.10 Å². The van der Waals surface area contributed by atoms with Crippen LogP contribution in [0.2, 0.25) is 0 Å². The highest BCUT2D eigenvalue weighted by atomic mass is 16.4. The standard InChI is InChI=1S/C30H46O4/c1-25(2)21-10-11-30(7)22(28(21,5)17-20(31)23(25)32)9-8-18-19-16-27(4,24(33)34)13-12-26(19,3)14-15-29(18,30)6/h8,19-22,31H,9-17H2,1-7H3,(H,33,34)/t19-,20+,21?,22+,26+,27-,28-,29+,30+/m0/s1. The number of carbonyl (C=O) groups is 2. The van der Waals surface area contributed by atoms with Gasteiger partial charge in [0.2, 0.25) is 0 Å². The third kappa shape index (κ3) is 2.81. The molecular weight excluding hydrogens is 424 g/mol. The summed E-state index contributed by atoms with van der Waals surface area (Å²) in [4.78, 5) is 25.2. The molecule has 2 N–H and O–H groups in total. The summed E-state index contributed by atoms with van der Waals surface area (Å²) in [6.45, 7) is 15.9. The molecule has 0 aromatic rings. The Morgan fingerprint density at radius 3 is 2.21 bits per heavy atom. The second-order valence-corrected chi connectivity index (χ2v) is 14.9. The van der Waals surface area contributed by atoms with E-state index in [-0.39, 0.29) is 27.4 Å². The maximum atomic E-state index is 13.0. The summed E-state index contributed by atoms with van der Waals surface area (Å²) in [5, 5.41) is 20.9. The van der Waals surface area contributed by atoms with Crippen LogP contribution < -0.4 is 0 Å². The van der Waals surface area contributed by atoms with Gasteiger partial charge in [-0.3, -0.25) is 9.59 Å². The first kappa shape index (κ1) is 24.5. The van der Waals surface area contributed by atoms with E-state index in [0.717, 1.165) is 51.4 Å². The fraction of sp³-hybridized carbons (Fsp3) is 0.867. The van der Waals surface area contributed by atoms with Crippen molar-refractivity contribution in [2.24, 2.45) is 50.2 Å². The van der Waals surface area contributed by atoms with E-state index in [1.165, 1.54) is 0 Å². The third-order valence-electron chi connectivity index (χ3n) is 13.1. The van der Waals surface area contributed by atoms with Crippen molar-refractivity contribution in [3.8, 4) is 0 Å². The van der Waals surface area contributed by atoms with Crippen LogP contribution in [-0.2, 0) is 9.59 Å². The average molecular weight is 471 g/mol. The normalized spacial score (nSPS) is 54.1. The molecule has 5 aliphatic rings. The Hall–Kier alpha value is -1.16. The van der Waals surface area contributed by atoms with Crippen molar-refractivity contribution in [2.45, 2.75) is 112 Å². The molecule has 0 spiro atoms. The van der Waals surface area contributed by atoms with Crippen LogP contribution in [0.3, 0.4) is 0 Å². The van der Waals surface area contributed by atoms with Gasteiger partial charge in [0.15, 0.2) is 5.78 Å². The molecule has 5 aliphatic carbocycles. The van der Waals surface area contributed by atoms with Crippen molar-refractivity contribution in [3.63, 3.8) is 0 Å². The molecule has 34 heavy (non-hydrogen) atoms. The minimum absolute atomic E-state index is 0.0282. The Morgan fingerprint density at radius 2 is 1.56 bits per heavy atom. The van der Waals surface area contributed by atoms with Crippen molar-refractivity contribution in [1.82, 2.24) is 0 Å². The Kier molecular flexibility index (Phi) is 5.04. The Labute approximate surface area is 206 Å². The second kappa shape index (κ2) is 6.99. The molecule has 5 rings (SSSR count). The van der Waals surface area contributed by atoms with Gasteiger partial charge < -0.3 is 10.2 Å². The number of aliphatic hydroxyl groups is 1. The Balaban J connectivity index is 1.59. The number of hydrogen-bond acceptors (Lipinski definition) is 3. The molecule has 0 heterocycles. The van der Waals surface area contributed by atoms with E-state index in [4.69, 9.17) is 0 Å². The number of aliphatic carboxylic acids is 1. The molecule has 0 aromatic carbocycles. The minimum atomic E-state index is -0.860. The molecule has 0 amide bonds. The van der Waals surface area contributed by atoms with Gasteiger partial charge in [0.05, 0.1) is 5.41 Å². The van der Waals surface area contributed by atoms with E-state index in [9.17, 15) is 19.8 Å². The summed E-state index contributed by atoms with van der Waals surface area (Å²) < 4.78 is 0. The number of Topliss-reactive ketones (excluding diaryl/α,β-unsaturated/α-hetero) is 1. The molecule has 4 fully saturated rings.